The third-order valence-corrected chi connectivity index (χ3v) is 3.51. The summed E-state index contributed by atoms with van der Waals surface area (Å²) in [7, 11) is 0. The van der Waals surface area contributed by atoms with Crippen molar-refractivity contribution in [1.82, 2.24) is 10.4 Å². The first-order chi connectivity index (χ1) is 12.7. The van der Waals surface area contributed by atoms with Gasteiger partial charge in [0, 0.05) is 11.8 Å². The fraction of sp³-hybridized carbons (Fsp3) is 0.350. The molecule has 0 saturated carbocycles. The van der Waals surface area contributed by atoms with E-state index >= 15 is 0 Å². The summed E-state index contributed by atoms with van der Waals surface area (Å²) in [6.45, 7) is 7.18. The maximum atomic E-state index is 12.0. The summed E-state index contributed by atoms with van der Waals surface area (Å²) >= 11 is 0. The van der Waals surface area contributed by atoms with Gasteiger partial charge in [0.15, 0.2) is 11.5 Å². The predicted octanol–water partition coefficient (Wildman–Crippen LogP) is 3.81. The quantitative estimate of drug-likeness (QED) is 0.548. The zero-order valence-electron chi connectivity index (χ0n) is 15.5. The Bertz CT molecular complexity index is 745. The molecule has 1 N–H and O–H groups in total. The zero-order chi connectivity index (χ0) is 18.8. The Morgan fingerprint density at radius 2 is 1.81 bits per heavy atom. The molecule has 0 atom stereocenters. The van der Waals surface area contributed by atoms with Crippen LogP contribution >= 0.6 is 0 Å². The van der Waals surface area contributed by atoms with Crippen LogP contribution in [0.3, 0.4) is 0 Å². The van der Waals surface area contributed by atoms with Crippen LogP contribution in [0.2, 0.25) is 0 Å². The van der Waals surface area contributed by atoms with Gasteiger partial charge in [0.2, 0.25) is 0 Å². The first-order valence-corrected chi connectivity index (χ1v) is 8.81. The molecule has 2 rings (SSSR count). The highest BCUT2D eigenvalue weighted by Gasteiger charge is 2.10. The Morgan fingerprint density at radius 1 is 1.08 bits per heavy atom. The van der Waals surface area contributed by atoms with Crippen LogP contribution in [0, 0.1) is 0 Å². The Labute approximate surface area is 154 Å². The first-order valence-electron chi connectivity index (χ1n) is 8.81. The third kappa shape index (κ3) is 5.58. The molecule has 0 spiro atoms. The summed E-state index contributed by atoms with van der Waals surface area (Å²) < 4.78 is 11.5. The van der Waals surface area contributed by atoms with Crippen LogP contribution in [0.4, 0.5) is 0 Å². The van der Waals surface area contributed by atoms with Crippen molar-refractivity contribution in [1.29, 1.82) is 0 Å². The second kappa shape index (κ2) is 10.2. The number of pyridine rings is 1. The fourth-order valence-corrected chi connectivity index (χ4v) is 2.14. The van der Waals surface area contributed by atoms with Gasteiger partial charge < -0.3 is 9.47 Å². The monoisotopic (exact) mass is 355 g/mol. The fourth-order valence-electron chi connectivity index (χ4n) is 2.14. The Balaban J connectivity index is 2.13. The van der Waals surface area contributed by atoms with E-state index in [4.69, 9.17) is 9.47 Å². The van der Waals surface area contributed by atoms with E-state index in [2.05, 4.69) is 29.4 Å². The molecule has 0 unspecified atom stereocenters. The molecule has 0 saturated heterocycles. The Morgan fingerprint density at radius 3 is 2.46 bits per heavy atom. The number of benzene rings is 1. The van der Waals surface area contributed by atoms with Gasteiger partial charge in [0.05, 0.1) is 18.9 Å². The van der Waals surface area contributed by atoms with Crippen LogP contribution in [-0.2, 0) is 0 Å². The Hall–Kier alpha value is -2.89. The van der Waals surface area contributed by atoms with Crippen LogP contribution in [0.1, 0.15) is 49.7 Å². The molecule has 0 aliphatic rings. The first kappa shape index (κ1) is 19.4. The molecule has 6 nitrogen and oxygen atoms in total. The van der Waals surface area contributed by atoms with Crippen molar-refractivity contribution in [3.63, 3.8) is 0 Å². The number of nitrogens with zero attached hydrogens (tertiary/aromatic N) is 2. The normalized spacial score (nSPS) is 11.1. The second-order valence-electron chi connectivity index (χ2n) is 5.71. The van der Waals surface area contributed by atoms with E-state index in [1.165, 1.54) is 0 Å². The van der Waals surface area contributed by atoms with Gasteiger partial charge in [-0.3, -0.25) is 9.78 Å². The molecule has 2 aromatic rings. The Kier molecular flexibility index (Phi) is 7.61. The number of hydrogen-bond donors (Lipinski definition) is 1. The van der Waals surface area contributed by atoms with Gasteiger partial charge >= 0.3 is 0 Å². The highest BCUT2D eigenvalue weighted by Crippen LogP contribution is 2.29. The minimum Gasteiger partial charge on any atom is -0.490 e. The lowest BCUT2D eigenvalue weighted by molar-refractivity contribution is 0.0950. The molecule has 1 aromatic heterocycles. The van der Waals surface area contributed by atoms with E-state index < -0.39 is 0 Å². The van der Waals surface area contributed by atoms with Gasteiger partial charge in [-0.1, -0.05) is 19.9 Å². The molecule has 0 radical (unpaired) electrons. The van der Waals surface area contributed by atoms with Crippen LogP contribution in [0.25, 0.3) is 0 Å². The number of amides is 1. The SMILES string of the molecule is CCCOc1ccc(/C(C)=N/NC(=O)c2ccccn2)cc1OCCC. The summed E-state index contributed by atoms with van der Waals surface area (Å²) in [5.41, 5.74) is 4.35. The number of carbonyl (C=O) groups excluding carboxylic acids is 1. The van der Waals surface area contributed by atoms with Gasteiger partial charge in [-0.05, 0) is 50.1 Å². The number of rotatable bonds is 9. The maximum absolute atomic E-state index is 12.0. The van der Waals surface area contributed by atoms with Crippen molar-refractivity contribution in [2.75, 3.05) is 13.2 Å². The number of hydrogen-bond acceptors (Lipinski definition) is 5. The second-order valence-corrected chi connectivity index (χ2v) is 5.71. The van der Waals surface area contributed by atoms with Crippen molar-refractivity contribution < 1.29 is 14.3 Å². The van der Waals surface area contributed by atoms with Crippen LogP contribution in [0.15, 0.2) is 47.7 Å². The van der Waals surface area contributed by atoms with Crippen LogP contribution in [-0.4, -0.2) is 29.8 Å². The molecular formula is C20H25N3O3. The predicted molar refractivity (Wildman–Crippen MR) is 102 cm³/mol. The summed E-state index contributed by atoms with van der Waals surface area (Å²) in [5.74, 6) is 1.05. The highest BCUT2D eigenvalue weighted by atomic mass is 16.5. The number of ether oxygens (including phenoxy) is 2. The van der Waals surface area contributed by atoms with Crippen LogP contribution < -0.4 is 14.9 Å². The number of carbonyl (C=O) groups is 1. The lowest BCUT2D eigenvalue weighted by Crippen LogP contribution is -2.20. The summed E-state index contributed by atoms with van der Waals surface area (Å²) in [6, 6.07) is 10.8. The number of nitrogens with one attached hydrogen (secondary N) is 1. The van der Waals surface area contributed by atoms with Crippen LogP contribution in [0.5, 0.6) is 11.5 Å². The van der Waals surface area contributed by atoms with E-state index in [-0.39, 0.29) is 5.91 Å². The number of aromatic nitrogens is 1. The summed E-state index contributed by atoms with van der Waals surface area (Å²) in [6.07, 6.45) is 3.40. The number of hydrazone groups is 1. The van der Waals surface area contributed by atoms with Gasteiger partial charge in [0.1, 0.15) is 5.69 Å². The standard InChI is InChI=1S/C20H25N3O3/c1-4-12-25-18-10-9-16(14-19(18)26-13-5-2)15(3)22-23-20(24)17-8-6-7-11-21-17/h6-11,14H,4-5,12-13H2,1-3H3,(H,23,24)/b22-15+. The third-order valence-electron chi connectivity index (χ3n) is 3.51. The average molecular weight is 355 g/mol. The molecular weight excluding hydrogens is 330 g/mol. The molecule has 0 aliphatic carbocycles. The van der Waals surface area contributed by atoms with E-state index in [0.717, 1.165) is 24.2 Å². The molecule has 138 valence electrons. The highest BCUT2D eigenvalue weighted by molar-refractivity contribution is 6.00. The molecule has 0 fully saturated rings. The maximum Gasteiger partial charge on any atom is 0.289 e. The molecule has 0 bridgehead atoms. The van der Waals surface area contributed by atoms with Crippen molar-refractivity contribution >= 4 is 11.6 Å². The van der Waals surface area contributed by atoms with Gasteiger partial charge in [-0.15, -0.1) is 0 Å². The van der Waals surface area contributed by atoms with Crippen molar-refractivity contribution in [3.05, 3.63) is 53.9 Å². The minimum absolute atomic E-state index is 0.319. The molecule has 26 heavy (non-hydrogen) atoms. The lowest BCUT2D eigenvalue weighted by atomic mass is 10.1. The van der Waals surface area contributed by atoms with Crippen molar-refractivity contribution in [2.45, 2.75) is 33.6 Å². The molecule has 0 aliphatic heterocycles. The minimum atomic E-state index is -0.352. The summed E-state index contributed by atoms with van der Waals surface area (Å²) in [5, 5.41) is 4.16. The smallest absolute Gasteiger partial charge is 0.289 e. The zero-order valence-corrected chi connectivity index (χ0v) is 15.5. The summed E-state index contributed by atoms with van der Waals surface area (Å²) in [4.78, 5) is 16.0. The lowest BCUT2D eigenvalue weighted by Gasteiger charge is -2.13. The molecule has 1 heterocycles. The van der Waals surface area contributed by atoms with E-state index in [1.54, 1.807) is 24.4 Å². The average Bonchev–Trinajstić information content (AvgIpc) is 2.69. The molecule has 1 aromatic carbocycles. The molecule has 1 amide bonds. The van der Waals surface area contributed by atoms with Gasteiger partial charge in [-0.2, -0.15) is 5.10 Å². The van der Waals surface area contributed by atoms with Crippen molar-refractivity contribution in [2.24, 2.45) is 5.10 Å². The topological polar surface area (TPSA) is 72.8 Å². The van der Waals surface area contributed by atoms with Crippen molar-refractivity contribution in [3.8, 4) is 11.5 Å². The van der Waals surface area contributed by atoms with E-state index in [1.807, 2.05) is 25.1 Å². The largest absolute Gasteiger partial charge is 0.490 e. The molecule has 6 heteroatoms. The van der Waals surface area contributed by atoms with E-state index in [0.29, 0.717) is 30.4 Å². The van der Waals surface area contributed by atoms with E-state index in [9.17, 15) is 4.79 Å². The van der Waals surface area contributed by atoms with Gasteiger partial charge in [-0.25, -0.2) is 5.43 Å². The van der Waals surface area contributed by atoms with Gasteiger partial charge in [0.25, 0.3) is 5.91 Å².